The van der Waals surface area contributed by atoms with Crippen molar-refractivity contribution in [3.8, 4) is 5.75 Å². The van der Waals surface area contributed by atoms with Gasteiger partial charge in [-0.1, -0.05) is 29.3 Å². The Morgan fingerprint density at radius 2 is 1.93 bits per heavy atom. The molecule has 154 valence electrons. The second kappa shape index (κ2) is 9.95. The molecule has 0 amide bonds. The molecule has 0 aliphatic heterocycles. The average Bonchev–Trinajstić information content (AvgIpc) is 2.73. The number of anilines is 1. The highest BCUT2D eigenvalue weighted by molar-refractivity contribution is 7.90. The lowest BCUT2D eigenvalue weighted by Gasteiger charge is -2.11. The lowest BCUT2D eigenvalue weighted by atomic mass is 10.1. The molecule has 2 aromatic heterocycles. The molecule has 2 heterocycles. The highest BCUT2D eigenvalue weighted by Crippen LogP contribution is 2.26. The Morgan fingerprint density at radius 3 is 2.57 bits per heavy atom. The normalized spacial score (nSPS) is 12.1. The number of benzene rings is 1. The molecule has 1 atom stereocenters. The van der Waals surface area contributed by atoms with E-state index in [0.717, 1.165) is 5.56 Å². The summed E-state index contributed by atoms with van der Waals surface area (Å²) >= 11 is 11.1. The smallest absolute Gasteiger partial charge is 0.244 e. The van der Waals surface area contributed by atoms with E-state index in [1.54, 1.807) is 54.9 Å². The molecule has 3 rings (SSSR count). The number of nitrogens with two attached hydrogens (primary N) is 1. The van der Waals surface area contributed by atoms with Gasteiger partial charge < -0.3 is 20.4 Å². The van der Waals surface area contributed by atoms with E-state index in [1.165, 1.54) is 12.4 Å². The molecule has 0 saturated heterocycles. The third-order valence-electron chi connectivity index (χ3n) is 4.15. The molecule has 0 aliphatic rings. The first-order valence-corrected chi connectivity index (χ1v) is 11.0. The Labute approximate surface area is 187 Å². The van der Waals surface area contributed by atoms with E-state index in [2.05, 4.69) is 9.97 Å². The number of hydrogen-bond acceptors (Lipinski definition) is 6. The number of hydrogen-bond donors (Lipinski definition) is 2. The summed E-state index contributed by atoms with van der Waals surface area (Å²) in [4.78, 5) is 8.05. The minimum Gasteiger partial charge on any atom is -0.610 e. The molecule has 0 saturated carbocycles. The molecule has 3 aromatic rings. The van der Waals surface area contributed by atoms with E-state index in [0.29, 0.717) is 37.6 Å². The number of nitrogens with zero attached hydrogens (tertiary/aromatic N) is 2. The van der Waals surface area contributed by atoms with E-state index in [9.17, 15) is 4.55 Å². The lowest BCUT2D eigenvalue weighted by Crippen LogP contribution is -2.03. The van der Waals surface area contributed by atoms with Crippen molar-refractivity contribution < 1.29 is 9.29 Å². The number of rotatable bonds is 7. The third kappa shape index (κ3) is 5.52. The number of ether oxygens (including phenoxy) is 1. The van der Waals surface area contributed by atoms with Crippen LogP contribution in [-0.2, 0) is 17.8 Å². The first kappa shape index (κ1) is 22.1. The fraction of sp³-hybridized carbons (Fsp3) is 0.0952. The number of pyridine rings is 2. The zero-order valence-corrected chi connectivity index (χ0v) is 18.3. The molecule has 0 fully saturated rings. The zero-order valence-electron chi connectivity index (χ0n) is 15.9. The second-order valence-electron chi connectivity index (χ2n) is 6.25. The Kier molecular flexibility index (Phi) is 7.33. The monoisotopic (exact) mass is 460 g/mol. The first-order chi connectivity index (χ1) is 14.3. The third-order valence-corrected chi connectivity index (χ3v) is 5.63. The highest BCUT2D eigenvalue weighted by Gasteiger charge is 2.10. The SMILES string of the molecule is C[S+]([O-])c1ccc(/C=C/C(=N)c2cc(OCc3c(Cl)cncc3Cl)ccc2N)cn1. The summed E-state index contributed by atoms with van der Waals surface area (Å²) in [6, 6.07) is 8.56. The van der Waals surface area contributed by atoms with Crippen molar-refractivity contribution >= 4 is 51.9 Å². The maximum absolute atomic E-state index is 11.4. The molecule has 0 aliphatic carbocycles. The summed E-state index contributed by atoms with van der Waals surface area (Å²) in [5, 5.41) is 9.69. The van der Waals surface area contributed by atoms with Gasteiger partial charge >= 0.3 is 0 Å². The summed E-state index contributed by atoms with van der Waals surface area (Å²) in [5.41, 5.74) is 8.63. The van der Waals surface area contributed by atoms with E-state index in [4.69, 9.17) is 39.1 Å². The predicted octanol–water partition coefficient (Wildman–Crippen LogP) is 4.76. The minimum atomic E-state index is -1.13. The van der Waals surface area contributed by atoms with E-state index in [1.807, 2.05) is 0 Å². The van der Waals surface area contributed by atoms with Crippen LogP contribution in [0.2, 0.25) is 10.0 Å². The average molecular weight is 461 g/mol. The molecule has 1 unspecified atom stereocenters. The number of allylic oxidation sites excluding steroid dienone is 1. The van der Waals surface area contributed by atoms with Crippen LogP contribution in [0.4, 0.5) is 5.69 Å². The van der Waals surface area contributed by atoms with Gasteiger partial charge in [-0.2, -0.15) is 0 Å². The quantitative estimate of drug-likeness (QED) is 0.300. The minimum absolute atomic E-state index is 0.156. The van der Waals surface area contributed by atoms with Gasteiger partial charge in [0.2, 0.25) is 5.03 Å². The van der Waals surface area contributed by atoms with Crippen LogP contribution in [0, 0.1) is 5.41 Å². The number of halogens is 2. The second-order valence-corrected chi connectivity index (χ2v) is 8.39. The largest absolute Gasteiger partial charge is 0.610 e. The first-order valence-electron chi connectivity index (χ1n) is 8.72. The maximum atomic E-state index is 11.4. The molecular formula is C21H18Cl2N4O2S. The van der Waals surface area contributed by atoms with Gasteiger partial charge in [0.25, 0.3) is 0 Å². The van der Waals surface area contributed by atoms with Gasteiger partial charge in [0.05, 0.1) is 15.8 Å². The Morgan fingerprint density at radius 1 is 1.20 bits per heavy atom. The maximum Gasteiger partial charge on any atom is 0.244 e. The standard InChI is InChI=1S/C21H18Cl2N4O2S/c1-30(28)21-7-3-13(9-27-21)2-5-19(24)15-8-14(4-6-20(15)25)29-12-16-17(22)10-26-11-18(16)23/h2-11,24H,12,25H2,1H3/b5-2+,24-19?. The zero-order chi connectivity index (χ0) is 21.7. The topological polar surface area (TPSA) is 108 Å². The van der Waals surface area contributed by atoms with Gasteiger partial charge in [-0.05, 0) is 35.9 Å². The summed E-state index contributed by atoms with van der Waals surface area (Å²) in [6.07, 6.45) is 9.53. The van der Waals surface area contributed by atoms with Crippen LogP contribution in [0.15, 0.2) is 60.0 Å². The van der Waals surface area contributed by atoms with Crippen molar-refractivity contribution in [2.45, 2.75) is 11.6 Å². The van der Waals surface area contributed by atoms with Crippen molar-refractivity contribution in [3.63, 3.8) is 0 Å². The Hall–Kier alpha value is -2.58. The predicted molar refractivity (Wildman–Crippen MR) is 122 cm³/mol. The molecule has 9 heteroatoms. The Balaban J connectivity index is 1.73. The number of aromatic nitrogens is 2. The van der Waals surface area contributed by atoms with Crippen LogP contribution in [0.1, 0.15) is 16.7 Å². The van der Waals surface area contributed by atoms with Crippen molar-refractivity contribution in [2.75, 3.05) is 12.0 Å². The fourth-order valence-corrected chi connectivity index (χ4v) is 3.45. The Bertz CT molecular complexity index is 1070. The van der Waals surface area contributed by atoms with Crippen LogP contribution >= 0.6 is 23.2 Å². The van der Waals surface area contributed by atoms with E-state index >= 15 is 0 Å². The van der Waals surface area contributed by atoms with Gasteiger partial charge in [0.15, 0.2) is 0 Å². The summed E-state index contributed by atoms with van der Waals surface area (Å²) in [5.74, 6) is 0.526. The van der Waals surface area contributed by atoms with Crippen molar-refractivity contribution in [1.82, 2.24) is 9.97 Å². The molecule has 3 N–H and O–H groups in total. The van der Waals surface area contributed by atoms with Crippen LogP contribution < -0.4 is 10.5 Å². The number of nitrogens with one attached hydrogen (secondary N) is 1. The van der Waals surface area contributed by atoms with Crippen LogP contribution in [0.3, 0.4) is 0 Å². The lowest BCUT2D eigenvalue weighted by molar-refractivity contribution is 0.306. The summed E-state index contributed by atoms with van der Waals surface area (Å²) < 4.78 is 17.2. The number of nitrogen functional groups attached to an aromatic ring is 1. The fourth-order valence-electron chi connectivity index (χ4n) is 2.52. The molecule has 0 spiro atoms. The highest BCUT2D eigenvalue weighted by atomic mass is 35.5. The van der Waals surface area contributed by atoms with Crippen molar-refractivity contribution in [3.05, 3.63) is 81.7 Å². The van der Waals surface area contributed by atoms with Crippen LogP contribution in [-0.4, -0.2) is 26.5 Å². The van der Waals surface area contributed by atoms with Gasteiger partial charge in [0.1, 0.15) is 18.6 Å². The van der Waals surface area contributed by atoms with E-state index in [-0.39, 0.29) is 12.3 Å². The molecule has 0 radical (unpaired) electrons. The summed E-state index contributed by atoms with van der Waals surface area (Å²) in [6.45, 7) is 0.156. The van der Waals surface area contributed by atoms with Gasteiger partial charge in [0, 0.05) is 52.6 Å². The molecule has 1 aromatic carbocycles. The van der Waals surface area contributed by atoms with E-state index < -0.39 is 11.2 Å². The molecule has 6 nitrogen and oxygen atoms in total. The van der Waals surface area contributed by atoms with Crippen LogP contribution in [0.5, 0.6) is 5.75 Å². The van der Waals surface area contributed by atoms with Gasteiger partial charge in [-0.3, -0.25) is 4.98 Å². The molecule has 0 bridgehead atoms. The molecular weight excluding hydrogens is 443 g/mol. The summed E-state index contributed by atoms with van der Waals surface area (Å²) in [7, 11) is 0. The van der Waals surface area contributed by atoms with Crippen molar-refractivity contribution in [2.24, 2.45) is 0 Å². The van der Waals surface area contributed by atoms with Crippen LogP contribution in [0.25, 0.3) is 6.08 Å². The molecule has 30 heavy (non-hydrogen) atoms. The van der Waals surface area contributed by atoms with Gasteiger partial charge in [-0.15, -0.1) is 0 Å². The van der Waals surface area contributed by atoms with Gasteiger partial charge in [-0.25, -0.2) is 4.98 Å². The van der Waals surface area contributed by atoms with Crippen molar-refractivity contribution in [1.29, 1.82) is 5.41 Å².